The summed E-state index contributed by atoms with van der Waals surface area (Å²) in [7, 11) is 0. The molecule has 25 heavy (non-hydrogen) atoms. The number of nitrogens with zero attached hydrogens (tertiary/aromatic N) is 1. The lowest BCUT2D eigenvalue weighted by Gasteiger charge is -2.32. The number of likely N-dealkylation sites (tertiary alicyclic amines) is 1. The Bertz CT molecular complexity index is 627. The van der Waals surface area contributed by atoms with Gasteiger partial charge in [-0.15, -0.1) is 0 Å². The molecule has 4 heteroatoms. The first-order valence-corrected chi connectivity index (χ1v) is 9.53. The van der Waals surface area contributed by atoms with E-state index in [9.17, 15) is 0 Å². The molecule has 1 aliphatic rings. The molecular formula is C21H27ClN2O. The van der Waals surface area contributed by atoms with E-state index in [4.69, 9.17) is 16.3 Å². The quantitative estimate of drug-likeness (QED) is 0.715. The van der Waals surface area contributed by atoms with Gasteiger partial charge in [-0.2, -0.15) is 0 Å². The zero-order chi connectivity index (χ0) is 17.3. The van der Waals surface area contributed by atoms with Crippen LogP contribution in [0, 0.1) is 5.92 Å². The molecule has 0 unspecified atom stereocenters. The number of benzene rings is 2. The Labute approximate surface area is 155 Å². The van der Waals surface area contributed by atoms with Gasteiger partial charge in [-0.25, -0.2) is 0 Å². The smallest absolute Gasteiger partial charge is 0.119 e. The predicted octanol–water partition coefficient (Wildman–Crippen LogP) is 4.22. The number of para-hydroxylation sites is 1. The Balaban J connectivity index is 1.28. The summed E-state index contributed by atoms with van der Waals surface area (Å²) in [6, 6.07) is 18.2. The summed E-state index contributed by atoms with van der Waals surface area (Å²) < 4.78 is 5.71. The van der Waals surface area contributed by atoms with Gasteiger partial charge in [0.05, 0.1) is 0 Å². The number of nitrogens with one attached hydrogen (secondary N) is 1. The van der Waals surface area contributed by atoms with E-state index >= 15 is 0 Å². The lowest BCUT2D eigenvalue weighted by molar-refractivity contribution is 0.174. The molecule has 1 saturated heterocycles. The van der Waals surface area contributed by atoms with E-state index in [1.165, 1.54) is 31.5 Å². The van der Waals surface area contributed by atoms with E-state index < -0.39 is 0 Å². The van der Waals surface area contributed by atoms with Gasteiger partial charge in [-0.05, 0) is 68.2 Å². The first kappa shape index (κ1) is 18.2. The van der Waals surface area contributed by atoms with E-state index in [1.54, 1.807) is 0 Å². The second-order valence-corrected chi connectivity index (χ2v) is 7.15. The van der Waals surface area contributed by atoms with Crippen molar-refractivity contribution in [3.63, 3.8) is 0 Å². The Morgan fingerprint density at radius 3 is 2.60 bits per heavy atom. The van der Waals surface area contributed by atoms with Crippen LogP contribution in [0.5, 0.6) is 5.75 Å². The third-order valence-electron chi connectivity index (χ3n) is 4.73. The van der Waals surface area contributed by atoms with Gasteiger partial charge in [-0.3, -0.25) is 4.90 Å². The maximum atomic E-state index is 6.07. The van der Waals surface area contributed by atoms with Gasteiger partial charge in [-0.1, -0.05) is 41.9 Å². The predicted molar refractivity (Wildman–Crippen MR) is 104 cm³/mol. The summed E-state index contributed by atoms with van der Waals surface area (Å²) in [4.78, 5) is 2.53. The van der Waals surface area contributed by atoms with Crippen LogP contribution in [0.3, 0.4) is 0 Å². The highest BCUT2D eigenvalue weighted by Gasteiger charge is 2.18. The second-order valence-electron chi connectivity index (χ2n) is 6.72. The van der Waals surface area contributed by atoms with Crippen molar-refractivity contribution in [1.29, 1.82) is 0 Å². The van der Waals surface area contributed by atoms with Gasteiger partial charge in [0.1, 0.15) is 12.4 Å². The Kier molecular flexibility index (Phi) is 7.16. The van der Waals surface area contributed by atoms with Crippen molar-refractivity contribution in [3.8, 4) is 5.75 Å². The summed E-state index contributed by atoms with van der Waals surface area (Å²) in [5, 5.41) is 4.36. The van der Waals surface area contributed by atoms with Crippen molar-refractivity contribution >= 4 is 11.6 Å². The fourth-order valence-electron chi connectivity index (χ4n) is 3.31. The van der Waals surface area contributed by atoms with E-state index in [0.717, 1.165) is 42.9 Å². The summed E-state index contributed by atoms with van der Waals surface area (Å²) in [6.45, 7) is 6.04. The van der Waals surface area contributed by atoms with Crippen LogP contribution >= 0.6 is 11.6 Å². The van der Waals surface area contributed by atoms with Crippen LogP contribution in [0.2, 0.25) is 5.02 Å². The molecule has 134 valence electrons. The van der Waals surface area contributed by atoms with Crippen molar-refractivity contribution in [2.75, 3.05) is 32.8 Å². The van der Waals surface area contributed by atoms with Crippen LogP contribution < -0.4 is 10.1 Å². The molecule has 0 spiro atoms. The topological polar surface area (TPSA) is 24.5 Å². The third-order valence-corrected chi connectivity index (χ3v) is 4.96. The Morgan fingerprint density at radius 1 is 1.04 bits per heavy atom. The molecule has 0 radical (unpaired) electrons. The molecule has 1 fully saturated rings. The minimum atomic E-state index is 0.720. The summed E-state index contributed by atoms with van der Waals surface area (Å²) >= 11 is 6.07. The highest BCUT2D eigenvalue weighted by molar-refractivity contribution is 6.30. The number of piperidine rings is 1. The summed E-state index contributed by atoms with van der Waals surface area (Å²) in [5.74, 6) is 1.71. The molecule has 0 bridgehead atoms. The van der Waals surface area contributed by atoms with Crippen molar-refractivity contribution in [2.45, 2.75) is 19.4 Å². The minimum Gasteiger partial charge on any atom is -0.492 e. The van der Waals surface area contributed by atoms with E-state index in [1.807, 2.05) is 42.5 Å². The van der Waals surface area contributed by atoms with Crippen molar-refractivity contribution in [2.24, 2.45) is 5.92 Å². The molecule has 2 aromatic rings. The van der Waals surface area contributed by atoms with Gasteiger partial charge in [0, 0.05) is 18.1 Å². The molecular weight excluding hydrogens is 332 g/mol. The van der Waals surface area contributed by atoms with Crippen LogP contribution in [0.15, 0.2) is 54.6 Å². The fraction of sp³-hybridized carbons (Fsp3) is 0.429. The normalized spacial score (nSPS) is 16.0. The maximum Gasteiger partial charge on any atom is 0.119 e. The van der Waals surface area contributed by atoms with Crippen LogP contribution in [0.25, 0.3) is 0 Å². The van der Waals surface area contributed by atoms with Gasteiger partial charge >= 0.3 is 0 Å². The van der Waals surface area contributed by atoms with Crippen molar-refractivity contribution in [1.82, 2.24) is 10.2 Å². The van der Waals surface area contributed by atoms with Gasteiger partial charge in [0.2, 0.25) is 0 Å². The van der Waals surface area contributed by atoms with Crippen molar-refractivity contribution < 1.29 is 4.74 Å². The number of hydrogen-bond donors (Lipinski definition) is 1. The van der Waals surface area contributed by atoms with Crippen molar-refractivity contribution in [3.05, 3.63) is 65.2 Å². The number of hydrogen-bond acceptors (Lipinski definition) is 3. The van der Waals surface area contributed by atoms with E-state index in [2.05, 4.69) is 22.3 Å². The molecule has 1 N–H and O–H groups in total. The van der Waals surface area contributed by atoms with Crippen LogP contribution in [0.1, 0.15) is 18.4 Å². The number of ether oxygens (including phenoxy) is 1. The molecule has 1 aliphatic heterocycles. The van der Waals surface area contributed by atoms with Crippen LogP contribution in [-0.2, 0) is 6.54 Å². The molecule has 0 atom stereocenters. The maximum absolute atomic E-state index is 6.07. The molecule has 0 amide bonds. The third kappa shape index (κ3) is 6.35. The molecule has 0 saturated carbocycles. The minimum absolute atomic E-state index is 0.720. The molecule has 0 aromatic heterocycles. The zero-order valence-electron chi connectivity index (χ0n) is 14.7. The second kappa shape index (κ2) is 9.81. The lowest BCUT2D eigenvalue weighted by Crippen LogP contribution is -2.37. The van der Waals surface area contributed by atoms with E-state index in [0.29, 0.717) is 0 Å². The average molecular weight is 359 g/mol. The van der Waals surface area contributed by atoms with Crippen LogP contribution in [-0.4, -0.2) is 37.7 Å². The molecule has 2 aromatic carbocycles. The number of rotatable bonds is 8. The average Bonchev–Trinajstić information content (AvgIpc) is 2.64. The molecule has 0 aliphatic carbocycles. The standard InChI is InChI=1S/C21H27ClN2O/c22-20-6-4-5-19(15-20)17-24-12-9-18(10-13-24)16-23-11-14-25-21-7-2-1-3-8-21/h1-8,15,18,23H,9-14,16-17H2. The fourth-order valence-corrected chi connectivity index (χ4v) is 3.52. The van der Waals surface area contributed by atoms with Gasteiger partial charge in [0.15, 0.2) is 0 Å². The highest BCUT2D eigenvalue weighted by Crippen LogP contribution is 2.19. The van der Waals surface area contributed by atoms with Gasteiger partial charge < -0.3 is 10.1 Å². The first-order chi connectivity index (χ1) is 12.3. The largest absolute Gasteiger partial charge is 0.492 e. The monoisotopic (exact) mass is 358 g/mol. The lowest BCUT2D eigenvalue weighted by atomic mass is 9.96. The SMILES string of the molecule is Clc1cccc(CN2CCC(CNCCOc3ccccc3)CC2)c1. The molecule has 3 nitrogen and oxygen atoms in total. The Hall–Kier alpha value is -1.55. The summed E-state index contributed by atoms with van der Waals surface area (Å²) in [6.07, 6.45) is 2.51. The number of halogens is 1. The van der Waals surface area contributed by atoms with Gasteiger partial charge in [0.25, 0.3) is 0 Å². The highest BCUT2D eigenvalue weighted by atomic mass is 35.5. The summed E-state index contributed by atoms with van der Waals surface area (Å²) in [5.41, 5.74) is 1.31. The van der Waals surface area contributed by atoms with E-state index in [-0.39, 0.29) is 0 Å². The molecule has 1 heterocycles. The zero-order valence-corrected chi connectivity index (χ0v) is 15.4. The molecule has 3 rings (SSSR count). The first-order valence-electron chi connectivity index (χ1n) is 9.15. The Morgan fingerprint density at radius 2 is 1.84 bits per heavy atom. The van der Waals surface area contributed by atoms with Crippen LogP contribution in [0.4, 0.5) is 0 Å².